The van der Waals surface area contributed by atoms with E-state index in [9.17, 15) is 4.79 Å². The molecule has 1 aromatic carbocycles. The molecule has 36 heavy (non-hydrogen) atoms. The second-order valence-electron chi connectivity index (χ2n) is 9.49. The fourth-order valence-electron chi connectivity index (χ4n) is 4.89. The van der Waals surface area contributed by atoms with Crippen molar-refractivity contribution in [1.82, 2.24) is 29.6 Å². The van der Waals surface area contributed by atoms with Crippen LogP contribution in [-0.2, 0) is 19.3 Å². The number of fused-ring (bicyclic) bond motifs is 3. The Kier molecular flexibility index (Phi) is 5.71. The molecule has 6 rings (SSSR count). The first kappa shape index (κ1) is 22.4. The van der Waals surface area contributed by atoms with Crippen LogP contribution in [0.15, 0.2) is 55.0 Å². The smallest absolute Gasteiger partial charge is 0.257 e. The van der Waals surface area contributed by atoms with E-state index in [0.29, 0.717) is 30.4 Å². The van der Waals surface area contributed by atoms with Crippen molar-refractivity contribution in [2.75, 3.05) is 20.7 Å². The number of aryl methyl sites for hydroxylation is 2. The van der Waals surface area contributed by atoms with Gasteiger partial charge in [-0.1, -0.05) is 6.07 Å². The summed E-state index contributed by atoms with van der Waals surface area (Å²) in [6.07, 6.45) is 9.96. The Balaban J connectivity index is 1.31. The SMILES string of the molecule is COc1ccc2c(c1)CCc1cnc(-n3ncc(C(=O)N(C)CCc4ccccn4)c3C3CC3)nc1-2. The van der Waals surface area contributed by atoms with Gasteiger partial charge in [0.25, 0.3) is 11.9 Å². The molecule has 0 atom stereocenters. The van der Waals surface area contributed by atoms with Crippen molar-refractivity contribution in [2.45, 2.75) is 38.0 Å². The number of amides is 1. The maximum Gasteiger partial charge on any atom is 0.257 e. The van der Waals surface area contributed by atoms with Crippen LogP contribution in [0.25, 0.3) is 17.2 Å². The highest BCUT2D eigenvalue weighted by Gasteiger charge is 2.34. The molecule has 8 nitrogen and oxygen atoms in total. The number of pyridine rings is 1. The predicted molar refractivity (Wildman–Crippen MR) is 135 cm³/mol. The molecule has 2 aliphatic carbocycles. The average molecular weight is 481 g/mol. The molecule has 0 bridgehead atoms. The molecule has 0 saturated heterocycles. The van der Waals surface area contributed by atoms with Crippen LogP contribution in [0.2, 0.25) is 0 Å². The first-order chi connectivity index (χ1) is 17.6. The van der Waals surface area contributed by atoms with Gasteiger partial charge in [0, 0.05) is 49.6 Å². The predicted octanol–water partition coefficient (Wildman–Crippen LogP) is 4.02. The van der Waals surface area contributed by atoms with E-state index >= 15 is 0 Å². The molecule has 182 valence electrons. The highest BCUT2D eigenvalue weighted by atomic mass is 16.5. The second-order valence-corrected chi connectivity index (χ2v) is 9.49. The molecule has 4 aromatic rings. The summed E-state index contributed by atoms with van der Waals surface area (Å²) < 4.78 is 7.18. The standard InChI is InChI=1S/C28H28N6O2/c1-33(14-12-21-5-3-4-13-29-21)27(35)24-17-31-34(26(24)18-6-7-18)28-30-16-20-9-8-19-15-22(36-2)10-11-23(19)25(20)32-28/h3-5,10-11,13,15-18H,6-9,12,14H2,1-2H3. The van der Waals surface area contributed by atoms with Crippen LogP contribution in [0.4, 0.5) is 0 Å². The Hall–Kier alpha value is -4.07. The third-order valence-electron chi connectivity index (χ3n) is 7.05. The summed E-state index contributed by atoms with van der Waals surface area (Å²) in [6.45, 7) is 0.584. The molecule has 0 unspecified atom stereocenters. The van der Waals surface area contributed by atoms with Gasteiger partial charge in [-0.05, 0) is 67.1 Å². The lowest BCUT2D eigenvalue weighted by molar-refractivity contribution is 0.0795. The van der Waals surface area contributed by atoms with E-state index in [4.69, 9.17) is 9.72 Å². The Morgan fingerprint density at radius 3 is 2.75 bits per heavy atom. The van der Waals surface area contributed by atoms with Crippen molar-refractivity contribution in [1.29, 1.82) is 0 Å². The molecular formula is C28H28N6O2. The van der Waals surface area contributed by atoms with Crippen LogP contribution in [0.3, 0.4) is 0 Å². The first-order valence-corrected chi connectivity index (χ1v) is 12.4. The van der Waals surface area contributed by atoms with Crippen molar-refractivity contribution in [3.8, 4) is 23.0 Å². The lowest BCUT2D eigenvalue weighted by Gasteiger charge is -2.20. The third kappa shape index (κ3) is 4.12. The molecule has 0 N–H and O–H groups in total. The van der Waals surface area contributed by atoms with E-state index in [1.54, 1.807) is 29.1 Å². The molecule has 1 saturated carbocycles. The van der Waals surface area contributed by atoms with E-state index in [0.717, 1.165) is 59.6 Å². The molecule has 1 amide bonds. The number of likely N-dealkylation sites (N-methyl/N-ethyl adjacent to an activating group) is 1. The minimum Gasteiger partial charge on any atom is -0.497 e. The zero-order valence-electron chi connectivity index (χ0n) is 20.5. The number of ether oxygens (including phenoxy) is 1. The normalized spacial score (nSPS) is 14.2. The van der Waals surface area contributed by atoms with Gasteiger partial charge in [-0.25, -0.2) is 14.6 Å². The number of nitrogens with zero attached hydrogens (tertiary/aromatic N) is 6. The van der Waals surface area contributed by atoms with Gasteiger partial charge in [-0.3, -0.25) is 9.78 Å². The summed E-state index contributed by atoms with van der Waals surface area (Å²) in [5.41, 5.74) is 6.90. The maximum absolute atomic E-state index is 13.4. The quantitative estimate of drug-likeness (QED) is 0.397. The lowest BCUT2D eigenvalue weighted by atomic mass is 9.90. The number of benzene rings is 1. The number of hydrogen-bond donors (Lipinski definition) is 0. The van der Waals surface area contributed by atoms with Gasteiger partial charge in [0.05, 0.1) is 30.3 Å². The van der Waals surface area contributed by atoms with E-state index in [1.807, 2.05) is 37.5 Å². The van der Waals surface area contributed by atoms with Crippen LogP contribution < -0.4 is 4.74 Å². The summed E-state index contributed by atoms with van der Waals surface area (Å²) in [7, 11) is 3.52. The third-order valence-corrected chi connectivity index (χ3v) is 7.05. The molecule has 2 aliphatic rings. The molecule has 1 fully saturated rings. The first-order valence-electron chi connectivity index (χ1n) is 12.4. The van der Waals surface area contributed by atoms with Crippen LogP contribution in [0.5, 0.6) is 5.75 Å². The molecule has 0 radical (unpaired) electrons. The fraction of sp³-hybridized carbons (Fsp3) is 0.321. The highest BCUT2D eigenvalue weighted by molar-refractivity contribution is 5.95. The van der Waals surface area contributed by atoms with Crippen LogP contribution >= 0.6 is 0 Å². The maximum atomic E-state index is 13.4. The Morgan fingerprint density at radius 2 is 1.97 bits per heavy atom. The molecule has 8 heteroatoms. The Morgan fingerprint density at radius 1 is 1.11 bits per heavy atom. The summed E-state index contributed by atoms with van der Waals surface area (Å²) in [5, 5.41) is 4.61. The zero-order valence-corrected chi connectivity index (χ0v) is 20.5. The van der Waals surface area contributed by atoms with E-state index < -0.39 is 0 Å². The fourth-order valence-corrected chi connectivity index (χ4v) is 4.89. The van der Waals surface area contributed by atoms with Gasteiger partial charge in [-0.2, -0.15) is 5.10 Å². The van der Waals surface area contributed by atoms with Crippen LogP contribution in [0, 0.1) is 0 Å². The van der Waals surface area contributed by atoms with Crippen molar-refractivity contribution < 1.29 is 9.53 Å². The zero-order chi connectivity index (χ0) is 24.6. The van der Waals surface area contributed by atoms with Gasteiger partial charge in [-0.15, -0.1) is 0 Å². The summed E-state index contributed by atoms with van der Waals surface area (Å²) in [4.78, 5) is 29.2. The Labute approximate surface area is 210 Å². The minimum atomic E-state index is -0.0329. The number of carbonyl (C=O) groups excluding carboxylic acids is 1. The minimum absolute atomic E-state index is 0.0329. The van der Waals surface area contributed by atoms with Gasteiger partial charge in [0.2, 0.25) is 0 Å². The van der Waals surface area contributed by atoms with Crippen LogP contribution in [-0.4, -0.2) is 56.2 Å². The largest absolute Gasteiger partial charge is 0.497 e. The van der Waals surface area contributed by atoms with Crippen molar-refractivity contribution >= 4 is 5.91 Å². The monoisotopic (exact) mass is 480 g/mol. The van der Waals surface area contributed by atoms with Gasteiger partial charge in [0.15, 0.2) is 0 Å². The summed E-state index contributed by atoms with van der Waals surface area (Å²) in [5.74, 6) is 1.63. The van der Waals surface area contributed by atoms with Crippen molar-refractivity contribution in [2.24, 2.45) is 0 Å². The molecular weight excluding hydrogens is 452 g/mol. The number of carbonyl (C=O) groups is 1. The van der Waals surface area contributed by atoms with E-state index in [1.165, 1.54) is 5.56 Å². The number of rotatable bonds is 7. The van der Waals surface area contributed by atoms with Gasteiger partial charge in [0.1, 0.15) is 5.75 Å². The van der Waals surface area contributed by atoms with E-state index in [2.05, 4.69) is 27.2 Å². The lowest BCUT2D eigenvalue weighted by Crippen LogP contribution is -2.29. The van der Waals surface area contributed by atoms with Gasteiger partial charge >= 0.3 is 0 Å². The topological polar surface area (TPSA) is 86.0 Å². The number of methoxy groups -OCH3 is 1. The molecule has 3 aromatic heterocycles. The van der Waals surface area contributed by atoms with Crippen LogP contribution in [0.1, 0.15) is 51.6 Å². The number of aromatic nitrogens is 5. The second kappa shape index (κ2) is 9.18. The number of hydrogen-bond acceptors (Lipinski definition) is 6. The van der Waals surface area contributed by atoms with E-state index in [-0.39, 0.29) is 5.91 Å². The summed E-state index contributed by atoms with van der Waals surface area (Å²) in [6, 6.07) is 12.0. The van der Waals surface area contributed by atoms with Gasteiger partial charge < -0.3 is 9.64 Å². The summed E-state index contributed by atoms with van der Waals surface area (Å²) >= 11 is 0. The molecule has 0 aliphatic heterocycles. The average Bonchev–Trinajstić information content (AvgIpc) is 3.68. The molecule has 3 heterocycles. The van der Waals surface area contributed by atoms with Crippen molar-refractivity contribution in [3.05, 3.63) is 83.1 Å². The van der Waals surface area contributed by atoms with Crippen molar-refractivity contribution in [3.63, 3.8) is 0 Å². The highest BCUT2D eigenvalue weighted by Crippen LogP contribution is 2.43. The molecule has 0 spiro atoms. The Bertz CT molecular complexity index is 1430.